The topological polar surface area (TPSA) is 38.3 Å². The van der Waals surface area contributed by atoms with Gasteiger partial charge in [0, 0.05) is 0 Å². The summed E-state index contributed by atoms with van der Waals surface area (Å²) in [6.07, 6.45) is 7.84. The van der Waals surface area contributed by atoms with E-state index in [1.165, 1.54) is 12.3 Å². The molecule has 1 rings (SSSR count). The van der Waals surface area contributed by atoms with Crippen LogP contribution in [-0.4, -0.2) is 5.91 Å². The molecule has 46 valence electrons. The fourth-order valence-electron chi connectivity index (χ4n) is 0.492. The van der Waals surface area contributed by atoms with Crippen LogP contribution in [0.3, 0.4) is 0 Å². The molecule has 0 radical (unpaired) electrons. The first-order valence-corrected chi connectivity index (χ1v) is 2.43. The average molecular weight is 123 g/mol. The molecule has 0 fully saturated rings. The fraction of sp³-hybridized carbons (Fsp3) is 0.167. The first-order chi connectivity index (χ1) is 4.34. The summed E-state index contributed by atoms with van der Waals surface area (Å²) >= 11 is 0. The molecule has 0 aromatic carbocycles. The Morgan fingerprint density at radius 2 is 2.67 bits per heavy atom. The predicted octanol–water partition coefficient (Wildman–Crippen LogP) is -0.189. The van der Waals surface area contributed by atoms with Crippen molar-refractivity contribution in [1.82, 2.24) is 5.48 Å². The van der Waals surface area contributed by atoms with E-state index in [2.05, 4.69) is 16.2 Å². The van der Waals surface area contributed by atoms with Gasteiger partial charge in [-0.2, -0.15) is 5.48 Å². The number of amides is 1. The van der Waals surface area contributed by atoms with Gasteiger partial charge in [-0.15, -0.1) is 6.42 Å². The highest BCUT2D eigenvalue weighted by Crippen LogP contribution is 2.00. The van der Waals surface area contributed by atoms with Crippen LogP contribution in [0.5, 0.6) is 0 Å². The summed E-state index contributed by atoms with van der Waals surface area (Å²) in [5.74, 6) is 1.51. The minimum atomic E-state index is -0.473. The molecule has 0 aliphatic carbocycles. The van der Waals surface area contributed by atoms with Crippen LogP contribution in [0.1, 0.15) is 0 Å². The highest BCUT2D eigenvalue weighted by molar-refractivity contribution is 5.82. The Morgan fingerprint density at radius 3 is 3.11 bits per heavy atom. The van der Waals surface area contributed by atoms with Crippen LogP contribution < -0.4 is 5.48 Å². The zero-order chi connectivity index (χ0) is 6.69. The number of hydrogen-bond donors (Lipinski definition) is 1. The van der Waals surface area contributed by atoms with Gasteiger partial charge in [0.05, 0.1) is 0 Å². The molecule has 1 aliphatic heterocycles. The Morgan fingerprint density at radius 1 is 1.89 bits per heavy atom. The van der Waals surface area contributed by atoms with Crippen LogP contribution in [0.2, 0.25) is 0 Å². The van der Waals surface area contributed by atoms with Gasteiger partial charge in [-0.05, 0) is 6.08 Å². The van der Waals surface area contributed by atoms with Crippen LogP contribution in [0.4, 0.5) is 0 Å². The lowest BCUT2D eigenvalue weighted by Gasteiger charge is -2.10. The summed E-state index contributed by atoms with van der Waals surface area (Å²) in [6, 6.07) is 0. The second-order valence-corrected chi connectivity index (χ2v) is 1.56. The van der Waals surface area contributed by atoms with Gasteiger partial charge in [0.25, 0.3) is 5.91 Å². The van der Waals surface area contributed by atoms with Crippen molar-refractivity contribution >= 4 is 5.91 Å². The SMILES string of the molecule is C#CC1C=CONC1=O. The summed E-state index contributed by atoms with van der Waals surface area (Å²) in [7, 11) is 0. The molecule has 1 heterocycles. The summed E-state index contributed by atoms with van der Waals surface area (Å²) in [4.78, 5) is 15.0. The van der Waals surface area contributed by atoms with Crippen LogP contribution >= 0.6 is 0 Å². The second-order valence-electron chi connectivity index (χ2n) is 1.56. The van der Waals surface area contributed by atoms with Crippen molar-refractivity contribution in [2.75, 3.05) is 0 Å². The van der Waals surface area contributed by atoms with Crippen molar-refractivity contribution in [1.29, 1.82) is 0 Å². The average Bonchev–Trinajstić information content (AvgIpc) is 1.89. The van der Waals surface area contributed by atoms with Crippen molar-refractivity contribution in [2.45, 2.75) is 0 Å². The number of carbonyl (C=O) groups is 1. The maximum atomic E-state index is 10.6. The number of hydrogen-bond acceptors (Lipinski definition) is 2. The quantitative estimate of drug-likeness (QED) is 0.453. The zero-order valence-electron chi connectivity index (χ0n) is 4.63. The van der Waals surface area contributed by atoms with E-state index in [9.17, 15) is 4.79 Å². The maximum absolute atomic E-state index is 10.6. The fourth-order valence-corrected chi connectivity index (χ4v) is 0.492. The maximum Gasteiger partial charge on any atom is 0.271 e. The lowest BCUT2D eigenvalue weighted by atomic mass is 10.1. The first kappa shape index (κ1) is 5.70. The number of nitrogens with one attached hydrogen (secondary N) is 1. The van der Waals surface area contributed by atoms with Crippen molar-refractivity contribution in [3.05, 3.63) is 12.3 Å². The Hall–Kier alpha value is -1.43. The molecule has 3 nitrogen and oxygen atoms in total. The molecule has 1 atom stereocenters. The van der Waals surface area contributed by atoms with E-state index in [1.807, 2.05) is 0 Å². The molecule has 0 bridgehead atoms. The number of terminal acetylenes is 1. The van der Waals surface area contributed by atoms with E-state index in [0.717, 1.165) is 0 Å². The van der Waals surface area contributed by atoms with Gasteiger partial charge in [-0.1, -0.05) is 5.92 Å². The largest absolute Gasteiger partial charge is 0.388 e. The highest BCUT2D eigenvalue weighted by Gasteiger charge is 2.14. The standard InChI is InChI=1S/C6H5NO2/c1-2-5-3-4-9-7-6(5)8/h1,3-5H,(H,7,8). The number of carbonyl (C=O) groups excluding carboxylic acids is 1. The Labute approximate surface area is 52.6 Å². The van der Waals surface area contributed by atoms with E-state index >= 15 is 0 Å². The van der Waals surface area contributed by atoms with E-state index in [4.69, 9.17) is 6.42 Å². The van der Waals surface area contributed by atoms with Gasteiger partial charge < -0.3 is 4.84 Å². The van der Waals surface area contributed by atoms with Gasteiger partial charge >= 0.3 is 0 Å². The van der Waals surface area contributed by atoms with Gasteiger partial charge in [0.1, 0.15) is 12.2 Å². The second kappa shape index (κ2) is 2.23. The van der Waals surface area contributed by atoms with Gasteiger partial charge in [0.15, 0.2) is 0 Å². The van der Waals surface area contributed by atoms with E-state index < -0.39 is 5.92 Å². The number of rotatable bonds is 0. The smallest absolute Gasteiger partial charge is 0.271 e. The molecular weight excluding hydrogens is 118 g/mol. The molecule has 1 amide bonds. The molecule has 0 saturated carbocycles. The van der Waals surface area contributed by atoms with Crippen molar-refractivity contribution in [3.63, 3.8) is 0 Å². The van der Waals surface area contributed by atoms with Gasteiger partial charge in [-0.3, -0.25) is 4.79 Å². The van der Waals surface area contributed by atoms with Crippen molar-refractivity contribution in [2.24, 2.45) is 5.92 Å². The normalized spacial score (nSPS) is 23.9. The summed E-state index contributed by atoms with van der Waals surface area (Å²) in [5, 5.41) is 0. The zero-order valence-corrected chi connectivity index (χ0v) is 4.63. The molecule has 0 aromatic rings. The molecule has 0 spiro atoms. The van der Waals surface area contributed by atoms with E-state index in [1.54, 1.807) is 0 Å². The molecule has 3 heteroatoms. The third kappa shape index (κ3) is 1.03. The van der Waals surface area contributed by atoms with Crippen LogP contribution in [0.25, 0.3) is 0 Å². The first-order valence-electron chi connectivity index (χ1n) is 2.43. The molecule has 1 unspecified atom stereocenters. The summed E-state index contributed by atoms with van der Waals surface area (Å²) in [5.41, 5.74) is 2.11. The molecule has 9 heavy (non-hydrogen) atoms. The van der Waals surface area contributed by atoms with Crippen LogP contribution in [-0.2, 0) is 9.63 Å². The van der Waals surface area contributed by atoms with Crippen LogP contribution in [0, 0.1) is 18.3 Å². The van der Waals surface area contributed by atoms with Crippen molar-refractivity contribution in [3.8, 4) is 12.3 Å². The predicted molar refractivity (Wildman–Crippen MR) is 30.7 cm³/mol. The summed E-state index contributed by atoms with van der Waals surface area (Å²) in [6.45, 7) is 0. The highest BCUT2D eigenvalue weighted by atomic mass is 16.6. The molecule has 1 aliphatic rings. The van der Waals surface area contributed by atoms with E-state index in [-0.39, 0.29) is 5.91 Å². The Kier molecular flexibility index (Phi) is 1.41. The van der Waals surface area contributed by atoms with Gasteiger partial charge in [-0.25, -0.2) is 0 Å². The molecular formula is C6H5NO2. The Bertz CT molecular complexity index is 190. The molecule has 1 N–H and O–H groups in total. The molecule has 0 aromatic heterocycles. The van der Waals surface area contributed by atoms with Crippen molar-refractivity contribution < 1.29 is 9.63 Å². The number of hydroxylamine groups is 1. The van der Waals surface area contributed by atoms with E-state index in [0.29, 0.717) is 0 Å². The molecule has 0 saturated heterocycles. The monoisotopic (exact) mass is 123 g/mol. The summed E-state index contributed by atoms with van der Waals surface area (Å²) < 4.78 is 0. The minimum absolute atomic E-state index is 0.292. The minimum Gasteiger partial charge on any atom is -0.388 e. The lowest BCUT2D eigenvalue weighted by Crippen LogP contribution is -2.30. The van der Waals surface area contributed by atoms with Crippen LogP contribution in [0.15, 0.2) is 12.3 Å². The third-order valence-electron chi connectivity index (χ3n) is 0.961. The lowest BCUT2D eigenvalue weighted by molar-refractivity contribution is -0.132. The van der Waals surface area contributed by atoms with Gasteiger partial charge in [0.2, 0.25) is 0 Å². The third-order valence-corrected chi connectivity index (χ3v) is 0.961. The Balaban J connectivity index is 2.71.